The molecule has 6 aromatic carbocycles. The second-order valence-corrected chi connectivity index (χ2v) is 19.0. The molecule has 2 saturated heterocycles. The standard InChI is InChI=1S/C29H30N4O5.C15H19NO4.C14H12ClN3O/c1-5-32(6-2)21-13-11-20(12-14-21)29(4)37-27(35)22(28(36)38-29)17-19-15-18(3)16-25(26(19)34)33-30-23-9-7-8-10-24(23)31-33;1-4-16(5-2)12-8-6-11(7-9-12)15(3)19-13(17)10-14(18)20-15;1-9-6-10(8-15)14(19)13(7-9)18-16-11-4-2-3-5-12(11)17-18/h7-16,22,34H,5-6,17H2,1-4H3;6-9H,4-5,10H2,1-3H3;2-7,19H,8H2,1H3. The summed E-state index contributed by atoms with van der Waals surface area (Å²) in [6.45, 7) is 18.8. The van der Waals surface area contributed by atoms with Crippen LogP contribution in [0.15, 0.2) is 121 Å². The SMILES string of the molecule is CCN(CC)c1ccc(C2(C)OC(=O)C(Cc3cc(C)cc(-n4nc5ccccc5n4)c3O)C(=O)O2)cc1.CCN(CC)c1ccc(C2(C)OC(=O)CC(=O)O2)cc1.Cc1cc(CCl)c(O)c(-n2nc3ccccc3n2)c1. The molecule has 18 nitrogen and oxygen atoms in total. The van der Waals surface area contributed by atoms with Crippen LogP contribution in [0.25, 0.3) is 33.4 Å². The van der Waals surface area contributed by atoms with Gasteiger partial charge in [0.2, 0.25) is 0 Å². The van der Waals surface area contributed by atoms with E-state index < -0.39 is 41.4 Å². The Labute approximate surface area is 450 Å². The van der Waals surface area contributed by atoms with Gasteiger partial charge in [-0.1, -0.05) is 36.4 Å². The van der Waals surface area contributed by atoms with Gasteiger partial charge in [-0.25, -0.2) is 0 Å². The van der Waals surface area contributed by atoms with Gasteiger partial charge >= 0.3 is 23.9 Å². The average Bonchev–Trinajstić information content (AvgIpc) is 4.06. The lowest BCUT2D eigenvalue weighted by atomic mass is 9.95. The lowest BCUT2D eigenvalue weighted by Gasteiger charge is -2.36. The minimum absolute atomic E-state index is 0.0874. The Morgan fingerprint density at radius 3 is 1.26 bits per heavy atom. The van der Waals surface area contributed by atoms with E-state index in [2.05, 4.69) is 57.9 Å². The number of carbonyl (C=O) groups excluding carboxylic acids is 4. The molecule has 2 N–H and O–H groups in total. The lowest BCUT2D eigenvalue weighted by Crippen LogP contribution is -2.47. The quantitative estimate of drug-likeness (QED) is 0.0624. The van der Waals surface area contributed by atoms with E-state index in [1.807, 2.05) is 111 Å². The predicted molar refractivity (Wildman–Crippen MR) is 291 cm³/mol. The summed E-state index contributed by atoms with van der Waals surface area (Å²) in [5.41, 5.74) is 10.0. The smallest absolute Gasteiger partial charge is 0.324 e. The van der Waals surface area contributed by atoms with E-state index in [0.717, 1.165) is 59.7 Å². The van der Waals surface area contributed by atoms with Crippen molar-refractivity contribution in [1.29, 1.82) is 0 Å². The molecular weight excluding hydrogens is 1000 g/mol. The Morgan fingerprint density at radius 1 is 0.545 bits per heavy atom. The van der Waals surface area contributed by atoms with Crippen LogP contribution in [0.3, 0.4) is 0 Å². The van der Waals surface area contributed by atoms with E-state index in [0.29, 0.717) is 44.7 Å². The first-order valence-electron chi connectivity index (χ1n) is 25.4. The Bertz CT molecular complexity index is 3340. The number of rotatable bonds is 13. The maximum atomic E-state index is 13.1. The van der Waals surface area contributed by atoms with Crippen molar-refractivity contribution in [3.63, 3.8) is 0 Å². The van der Waals surface area contributed by atoms with E-state index in [1.165, 1.54) is 9.59 Å². The van der Waals surface area contributed by atoms with Crippen LogP contribution in [0.4, 0.5) is 11.4 Å². The molecule has 8 aromatic rings. The van der Waals surface area contributed by atoms with Crippen molar-refractivity contribution in [3.05, 3.63) is 155 Å². The topological polar surface area (TPSA) is 214 Å². The summed E-state index contributed by atoms with van der Waals surface area (Å²) in [6.07, 6.45) is -0.414. The molecule has 2 aliphatic rings. The number of hydrogen-bond donors (Lipinski definition) is 2. The van der Waals surface area contributed by atoms with Gasteiger partial charge in [0.25, 0.3) is 11.6 Å². The molecule has 0 saturated carbocycles. The van der Waals surface area contributed by atoms with Crippen molar-refractivity contribution in [3.8, 4) is 22.9 Å². The van der Waals surface area contributed by atoms with Gasteiger partial charge in [-0.05, 0) is 143 Å². The van der Waals surface area contributed by atoms with E-state index in [4.69, 9.17) is 30.5 Å². The summed E-state index contributed by atoms with van der Waals surface area (Å²) in [5.74, 6) is -6.35. The van der Waals surface area contributed by atoms with Gasteiger partial charge in [0.1, 0.15) is 51.4 Å². The third kappa shape index (κ3) is 12.0. The fraction of sp³-hybridized carbons (Fsp3) is 0.310. The molecule has 10 rings (SSSR count). The van der Waals surface area contributed by atoms with Gasteiger partial charge in [-0.2, -0.15) is 0 Å². The van der Waals surface area contributed by atoms with Crippen molar-refractivity contribution in [2.75, 3.05) is 36.0 Å². The summed E-state index contributed by atoms with van der Waals surface area (Å²) in [4.78, 5) is 56.2. The molecule has 0 unspecified atom stereocenters. The van der Waals surface area contributed by atoms with E-state index in [1.54, 1.807) is 38.1 Å². The number of alkyl halides is 1. The number of aromatic nitrogens is 6. The van der Waals surface area contributed by atoms with Crippen molar-refractivity contribution in [1.82, 2.24) is 30.0 Å². The van der Waals surface area contributed by atoms with Gasteiger partial charge in [-0.15, -0.1) is 41.6 Å². The summed E-state index contributed by atoms with van der Waals surface area (Å²) in [6, 6.07) is 37.0. The number of carbonyl (C=O) groups is 4. The first kappa shape index (κ1) is 54.7. The van der Waals surface area contributed by atoms with E-state index in [-0.39, 0.29) is 30.2 Å². The number of anilines is 2. The van der Waals surface area contributed by atoms with Crippen molar-refractivity contribution in [2.45, 2.75) is 85.7 Å². The number of cyclic esters (lactones) is 4. The highest BCUT2D eigenvalue weighted by Gasteiger charge is 2.47. The Balaban J connectivity index is 0.000000169. The Kier molecular flexibility index (Phi) is 16.5. The van der Waals surface area contributed by atoms with Crippen LogP contribution in [0.1, 0.15) is 81.3 Å². The highest BCUT2D eigenvalue weighted by Crippen LogP contribution is 2.38. The summed E-state index contributed by atoms with van der Waals surface area (Å²) in [7, 11) is 0. The third-order valence-corrected chi connectivity index (χ3v) is 13.6. The second-order valence-electron chi connectivity index (χ2n) is 18.7. The molecular formula is C58H61ClN8O10. The van der Waals surface area contributed by atoms with Crippen molar-refractivity contribution in [2.24, 2.45) is 5.92 Å². The zero-order valence-corrected chi connectivity index (χ0v) is 44.9. The second kappa shape index (κ2) is 23.2. The maximum Gasteiger partial charge on any atom is 0.324 e. The number of nitrogens with zero attached hydrogens (tertiary/aromatic N) is 8. The molecule has 0 atom stereocenters. The number of aromatic hydroxyl groups is 2. The summed E-state index contributed by atoms with van der Waals surface area (Å²) < 4.78 is 21.7. The molecule has 2 aliphatic heterocycles. The Hall–Kier alpha value is -8.51. The minimum atomic E-state index is -1.54. The molecule has 19 heteroatoms. The third-order valence-electron chi connectivity index (χ3n) is 13.3. The fourth-order valence-corrected chi connectivity index (χ4v) is 9.41. The zero-order chi connectivity index (χ0) is 55.2. The van der Waals surface area contributed by atoms with Gasteiger partial charge in [-0.3, -0.25) is 19.2 Å². The Morgan fingerprint density at radius 2 is 0.896 bits per heavy atom. The van der Waals surface area contributed by atoms with Crippen LogP contribution in [-0.2, 0) is 62.0 Å². The van der Waals surface area contributed by atoms with E-state index in [9.17, 15) is 29.4 Å². The van der Waals surface area contributed by atoms with Crippen LogP contribution in [0.5, 0.6) is 11.5 Å². The first-order valence-corrected chi connectivity index (χ1v) is 25.9. The van der Waals surface area contributed by atoms with Crippen molar-refractivity contribution >= 4 is 68.9 Å². The fourth-order valence-electron chi connectivity index (χ4n) is 9.20. The molecule has 2 aromatic heterocycles. The molecule has 0 amide bonds. The number of fused-ring (bicyclic) bond motifs is 2. The van der Waals surface area contributed by atoms with Crippen molar-refractivity contribution < 1.29 is 48.3 Å². The van der Waals surface area contributed by atoms with Crippen LogP contribution in [0, 0.1) is 19.8 Å². The molecule has 2 fully saturated rings. The number of halogens is 1. The summed E-state index contributed by atoms with van der Waals surface area (Å²) in [5, 5.41) is 38.9. The van der Waals surface area contributed by atoms with Gasteiger partial charge in [0.15, 0.2) is 5.92 Å². The average molecular weight is 1070 g/mol. The van der Waals surface area contributed by atoms with Crippen LogP contribution >= 0.6 is 11.6 Å². The van der Waals surface area contributed by atoms with Gasteiger partial charge in [0, 0.05) is 74.5 Å². The number of esters is 4. The van der Waals surface area contributed by atoms with Crippen LogP contribution in [0.2, 0.25) is 0 Å². The number of phenols is 2. The van der Waals surface area contributed by atoms with Gasteiger partial charge in [0.05, 0.1) is 5.88 Å². The molecule has 400 valence electrons. The highest BCUT2D eigenvalue weighted by molar-refractivity contribution is 6.17. The zero-order valence-electron chi connectivity index (χ0n) is 44.2. The molecule has 4 heterocycles. The monoisotopic (exact) mass is 1060 g/mol. The number of aryl methyl sites for hydroxylation is 2. The van der Waals surface area contributed by atoms with Gasteiger partial charge < -0.3 is 39.0 Å². The number of benzene rings is 6. The number of hydrogen-bond acceptors (Lipinski definition) is 16. The lowest BCUT2D eigenvalue weighted by molar-refractivity contribution is -0.251. The molecule has 77 heavy (non-hydrogen) atoms. The first-order chi connectivity index (χ1) is 36.9. The maximum absolute atomic E-state index is 13.1. The van der Waals surface area contributed by atoms with E-state index >= 15 is 0 Å². The predicted octanol–water partition coefficient (Wildman–Crippen LogP) is 9.78. The number of ether oxygens (including phenoxy) is 4. The van der Waals surface area contributed by atoms with Crippen LogP contribution in [-0.4, -0.2) is 90.3 Å². The molecule has 0 bridgehead atoms. The minimum Gasteiger partial charge on any atom is -0.505 e. The highest BCUT2D eigenvalue weighted by atomic mass is 35.5. The normalized spacial score (nSPS) is 16.8. The summed E-state index contributed by atoms with van der Waals surface area (Å²) >= 11 is 5.83. The molecule has 0 aliphatic carbocycles. The molecule has 0 radical (unpaired) electrons. The largest absolute Gasteiger partial charge is 0.505 e. The number of phenolic OH excluding ortho intramolecular Hbond substituents is 2. The van der Waals surface area contributed by atoms with Crippen LogP contribution < -0.4 is 9.80 Å². The molecule has 0 spiro atoms.